The van der Waals surface area contributed by atoms with Crippen molar-refractivity contribution < 1.29 is 9.90 Å². The topological polar surface area (TPSA) is 87.1 Å². The average molecular weight is 350 g/mol. The van der Waals surface area contributed by atoms with Crippen LogP contribution >= 0.6 is 0 Å². The van der Waals surface area contributed by atoms with Crippen molar-refractivity contribution >= 4 is 34.1 Å². The lowest BCUT2D eigenvalue weighted by Crippen LogP contribution is -2.23. The lowest BCUT2D eigenvalue weighted by Gasteiger charge is -2.17. The Morgan fingerprint density at radius 1 is 1.15 bits per heavy atom. The molecule has 0 spiro atoms. The minimum atomic E-state index is -0.0813. The maximum absolute atomic E-state index is 11.6. The molecule has 2 aromatic carbocycles. The molecule has 1 unspecified atom stereocenters. The number of nitrogens with one attached hydrogen (secondary N) is 2. The van der Waals surface area contributed by atoms with Crippen LogP contribution in [-0.2, 0) is 0 Å². The van der Waals surface area contributed by atoms with Crippen molar-refractivity contribution in [1.82, 2.24) is 9.97 Å². The molecule has 0 saturated heterocycles. The number of benzene rings is 2. The van der Waals surface area contributed by atoms with Crippen molar-refractivity contribution in [2.45, 2.75) is 26.3 Å². The van der Waals surface area contributed by atoms with Crippen molar-refractivity contribution in [2.75, 3.05) is 17.2 Å². The van der Waals surface area contributed by atoms with E-state index in [4.69, 9.17) is 0 Å². The minimum Gasteiger partial charge on any atom is -0.394 e. The first-order valence-corrected chi connectivity index (χ1v) is 8.63. The van der Waals surface area contributed by atoms with Crippen LogP contribution in [0.15, 0.2) is 48.5 Å². The molecule has 6 heteroatoms. The number of hydrogen-bond acceptors (Lipinski definition) is 6. The first-order chi connectivity index (χ1) is 12.6. The predicted octanol–water partition coefficient (Wildman–Crippen LogP) is 3.76. The molecule has 3 aromatic rings. The number of aliphatic hydroxyl groups excluding tert-OH is 1. The number of rotatable bonds is 7. The molecule has 0 bridgehead atoms. The maximum Gasteiger partial charge on any atom is 0.229 e. The van der Waals surface area contributed by atoms with E-state index in [9.17, 15) is 9.90 Å². The number of Topliss-reactive ketones (excluding diaryl/α,β-unsaturated/α-hetero) is 1. The summed E-state index contributed by atoms with van der Waals surface area (Å²) in [4.78, 5) is 20.7. The van der Waals surface area contributed by atoms with Crippen molar-refractivity contribution in [2.24, 2.45) is 0 Å². The second-order valence-electron chi connectivity index (χ2n) is 6.11. The summed E-state index contributed by atoms with van der Waals surface area (Å²) >= 11 is 0. The third kappa shape index (κ3) is 3.97. The lowest BCUT2D eigenvalue weighted by molar-refractivity contribution is 0.101. The van der Waals surface area contributed by atoms with Gasteiger partial charge in [-0.2, -0.15) is 4.98 Å². The highest BCUT2D eigenvalue weighted by atomic mass is 16.3. The van der Waals surface area contributed by atoms with E-state index < -0.39 is 0 Å². The lowest BCUT2D eigenvalue weighted by atomic mass is 10.1. The van der Waals surface area contributed by atoms with Gasteiger partial charge in [0.25, 0.3) is 0 Å². The van der Waals surface area contributed by atoms with Gasteiger partial charge in [-0.05, 0) is 37.6 Å². The molecule has 0 aliphatic heterocycles. The molecule has 26 heavy (non-hydrogen) atoms. The Morgan fingerprint density at radius 2 is 1.96 bits per heavy atom. The van der Waals surface area contributed by atoms with E-state index in [1.165, 1.54) is 6.92 Å². The number of carbonyl (C=O) groups excluding carboxylic acids is 1. The minimum absolute atomic E-state index is 0.00386. The maximum atomic E-state index is 11.6. The second-order valence-corrected chi connectivity index (χ2v) is 6.11. The number of carbonyl (C=O) groups is 1. The Morgan fingerprint density at radius 3 is 2.69 bits per heavy atom. The van der Waals surface area contributed by atoms with Gasteiger partial charge >= 0.3 is 0 Å². The van der Waals surface area contributed by atoms with Gasteiger partial charge < -0.3 is 15.7 Å². The summed E-state index contributed by atoms with van der Waals surface area (Å²) in [7, 11) is 0. The van der Waals surface area contributed by atoms with Gasteiger partial charge in [-0.3, -0.25) is 4.79 Å². The zero-order valence-electron chi connectivity index (χ0n) is 14.9. The number of ketones is 1. The number of fused-ring (bicyclic) bond motifs is 1. The first kappa shape index (κ1) is 17.8. The van der Waals surface area contributed by atoms with Gasteiger partial charge in [0.15, 0.2) is 5.78 Å². The Labute approximate surface area is 152 Å². The van der Waals surface area contributed by atoms with E-state index in [-0.39, 0.29) is 18.4 Å². The van der Waals surface area contributed by atoms with Crippen molar-refractivity contribution in [3.8, 4) is 0 Å². The van der Waals surface area contributed by atoms with E-state index >= 15 is 0 Å². The van der Waals surface area contributed by atoms with Crippen LogP contribution in [0.25, 0.3) is 10.9 Å². The largest absolute Gasteiger partial charge is 0.394 e. The molecule has 0 aliphatic rings. The Kier molecular flexibility index (Phi) is 5.43. The van der Waals surface area contributed by atoms with E-state index in [1.807, 2.05) is 43.3 Å². The van der Waals surface area contributed by atoms with Crippen LogP contribution < -0.4 is 10.6 Å². The number of hydrogen-bond donors (Lipinski definition) is 3. The van der Waals surface area contributed by atoms with E-state index in [2.05, 4.69) is 20.6 Å². The number of aromatic nitrogens is 2. The molecule has 134 valence electrons. The van der Waals surface area contributed by atoms with Gasteiger partial charge in [0.1, 0.15) is 5.82 Å². The third-order valence-electron chi connectivity index (χ3n) is 4.18. The van der Waals surface area contributed by atoms with Crippen molar-refractivity contribution in [1.29, 1.82) is 0 Å². The third-order valence-corrected chi connectivity index (χ3v) is 4.18. The summed E-state index contributed by atoms with van der Waals surface area (Å²) < 4.78 is 0. The van der Waals surface area contributed by atoms with Crippen molar-refractivity contribution in [3.05, 3.63) is 54.1 Å². The molecule has 3 N–H and O–H groups in total. The number of aliphatic hydroxyl groups is 1. The van der Waals surface area contributed by atoms with Crippen LogP contribution in [0.4, 0.5) is 17.5 Å². The summed E-state index contributed by atoms with van der Waals surface area (Å²) in [6, 6.07) is 14.9. The highest BCUT2D eigenvalue weighted by molar-refractivity contribution is 5.95. The fourth-order valence-electron chi connectivity index (χ4n) is 2.66. The van der Waals surface area contributed by atoms with E-state index in [0.717, 1.165) is 23.0 Å². The standard InChI is InChI=1S/C20H22N4O2/c1-3-15(12-25)21-19-17-9-4-5-10-18(17)23-20(24-19)22-16-8-6-7-14(11-16)13(2)26/h4-11,15,25H,3,12H2,1-2H3,(H2,21,22,23,24). The molecular formula is C20H22N4O2. The van der Waals surface area contributed by atoms with Crippen LogP contribution in [0, 0.1) is 0 Å². The molecule has 0 aliphatic carbocycles. The van der Waals surface area contributed by atoms with Gasteiger partial charge in [-0.1, -0.05) is 31.2 Å². The average Bonchev–Trinajstić information content (AvgIpc) is 2.66. The van der Waals surface area contributed by atoms with Crippen LogP contribution in [0.1, 0.15) is 30.6 Å². The Balaban J connectivity index is 1.98. The molecule has 0 radical (unpaired) electrons. The molecule has 0 fully saturated rings. The fraction of sp³-hybridized carbons (Fsp3) is 0.250. The monoisotopic (exact) mass is 350 g/mol. The van der Waals surface area contributed by atoms with Crippen LogP contribution in [0.5, 0.6) is 0 Å². The van der Waals surface area contributed by atoms with E-state index in [0.29, 0.717) is 17.3 Å². The molecule has 0 amide bonds. The van der Waals surface area contributed by atoms with Crippen LogP contribution in [-0.4, -0.2) is 33.5 Å². The van der Waals surface area contributed by atoms with Crippen molar-refractivity contribution in [3.63, 3.8) is 0 Å². The van der Waals surface area contributed by atoms with Gasteiger partial charge in [0, 0.05) is 16.6 Å². The fourth-order valence-corrected chi connectivity index (χ4v) is 2.66. The van der Waals surface area contributed by atoms with Gasteiger partial charge in [0.2, 0.25) is 5.95 Å². The zero-order chi connectivity index (χ0) is 18.5. The SMILES string of the molecule is CCC(CO)Nc1nc(Nc2cccc(C(C)=O)c2)nc2ccccc12. The second kappa shape index (κ2) is 7.93. The van der Waals surface area contributed by atoms with Gasteiger partial charge in [-0.25, -0.2) is 4.98 Å². The highest BCUT2D eigenvalue weighted by Crippen LogP contribution is 2.24. The number of para-hydroxylation sites is 1. The number of anilines is 3. The first-order valence-electron chi connectivity index (χ1n) is 8.63. The smallest absolute Gasteiger partial charge is 0.229 e. The summed E-state index contributed by atoms with van der Waals surface area (Å²) in [6.45, 7) is 3.56. The zero-order valence-corrected chi connectivity index (χ0v) is 14.9. The highest BCUT2D eigenvalue weighted by Gasteiger charge is 2.12. The molecular weight excluding hydrogens is 328 g/mol. The molecule has 0 saturated carbocycles. The molecule has 1 atom stereocenters. The van der Waals surface area contributed by atoms with E-state index in [1.54, 1.807) is 12.1 Å². The molecule has 1 aromatic heterocycles. The molecule has 3 rings (SSSR count). The predicted molar refractivity (Wildman–Crippen MR) is 104 cm³/mol. The molecule has 1 heterocycles. The summed E-state index contributed by atoms with van der Waals surface area (Å²) in [5, 5.41) is 16.8. The summed E-state index contributed by atoms with van der Waals surface area (Å²) in [5.74, 6) is 1.10. The normalized spacial score (nSPS) is 12.0. The van der Waals surface area contributed by atoms with Crippen LogP contribution in [0.2, 0.25) is 0 Å². The summed E-state index contributed by atoms with van der Waals surface area (Å²) in [5.41, 5.74) is 2.16. The quantitative estimate of drug-likeness (QED) is 0.563. The van der Waals surface area contributed by atoms with Gasteiger partial charge in [-0.15, -0.1) is 0 Å². The Hall–Kier alpha value is -2.99. The van der Waals surface area contributed by atoms with Gasteiger partial charge in [0.05, 0.1) is 18.2 Å². The molecule has 6 nitrogen and oxygen atoms in total. The number of nitrogens with zero attached hydrogens (tertiary/aromatic N) is 2. The Bertz CT molecular complexity index is 923. The summed E-state index contributed by atoms with van der Waals surface area (Å²) in [6.07, 6.45) is 0.776. The van der Waals surface area contributed by atoms with Crippen LogP contribution in [0.3, 0.4) is 0 Å².